The van der Waals surface area contributed by atoms with Gasteiger partial charge >= 0.3 is 0 Å². The van der Waals surface area contributed by atoms with Crippen molar-refractivity contribution in [1.82, 2.24) is 10.0 Å². The zero-order valence-electron chi connectivity index (χ0n) is 11.9. The van der Waals surface area contributed by atoms with Crippen LogP contribution in [0.25, 0.3) is 0 Å². The number of hydrogen-bond acceptors (Lipinski definition) is 3. The van der Waals surface area contributed by atoms with Crippen LogP contribution in [0, 0.1) is 0 Å². The Morgan fingerprint density at radius 3 is 2.11 bits per heavy atom. The summed E-state index contributed by atoms with van der Waals surface area (Å²) >= 11 is 0. The SMILES string of the molecule is CC(C)NCC(C)S(=O)(=O)NC1CCCCCC1. The van der Waals surface area contributed by atoms with Crippen molar-refractivity contribution < 1.29 is 8.42 Å². The third-order valence-corrected chi connectivity index (χ3v) is 5.42. The van der Waals surface area contributed by atoms with Gasteiger partial charge < -0.3 is 5.32 Å². The Balaban J connectivity index is 2.46. The van der Waals surface area contributed by atoms with E-state index < -0.39 is 10.0 Å². The van der Waals surface area contributed by atoms with Crippen molar-refractivity contribution in [3.8, 4) is 0 Å². The topological polar surface area (TPSA) is 58.2 Å². The molecular weight excluding hydrogens is 248 g/mol. The number of nitrogens with one attached hydrogen (secondary N) is 2. The van der Waals surface area contributed by atoms with Crippen LogP contribution in [-0.4, -0.2) is 32.3 Å². The van der Waals surface area contributed by atoms with E-state index in [1.54, 1.807) is 6.92 Å². The first kappa shape index (κ1) is 15.9. The smallest absolute Gasteiger partial charge is 0.215 e. The van der Waals surface area contributed by atoms with Gasteiger partial charge in [0, 0.05) is 18.6 Å². The summed E-state index contributed by atoms with van der Waals surface area (Å²) in [5.74, 6) is 0. The lowest BCUT2D eigenvalue weighted by Gasteiger charge is -2.21. The average Bonchev–Trinajstić information content (AvgIpc) is 2.53. The fraction of sp³-hybridized carbons (Fsp3) is 1.00. The molecule has 0 aromatic rings. The molecule has 0 heterocycles. The van der Waals surface area contributed by atoms with Crippen LogP contribution in [0.1, 0.15) is 59.3 Å². The molecular formula is C13H28N2O2S. The highest BCUT2D eigenvalue weighted by Crippen LogP contribution is 2.18. The van der Waals surface area contributed by atoms with E-state index >= 15 is 0 Å². The largest absolute Gasteiger partial charge is 0.313 e. The van der Waals surface area contributed by atoms with Crippen LogP contribution >= 0.6 is 0 Å². The molecule has 0 amide bonds. The van der Waals surface area contributed by atoms with Crippen LogP contribution in [0.15, 0.2) is 0 Å². The molecule has 0 saturated heterocycles. The van der Waals surface area contributed by atoms with Gasteiger partial charge in [0.05, 0.1) is 5.25 Å². The van der Waals surface area contributed by atoms with Gasteiger partial charge in [-0.05, 0) is 19.8 Å². The van der Waals surface area contributed by atoms with E-state index in [2.05, 4.69) is 10.0 Å². The van der Waals surface area contributed by atoms with Gasteiger partial charge in [0.2, 0.25) is 10.0 Å². The fourth-order valence-corrected chi connectivity index (χ4v) is 3.51. The maximum atomic E-state index is 12.2. The van der Waals surface area contributed by atoms with Crippen molar-refractivity contribution in [2.75, 3.05) is 6.54 Å². The third-order valence-electron chi connectivity index (χ3n) is 3.53. The summed E-state index contributed by atoms with van der Waals surface area (Å²) in [5.41, 5.74) is 0. The van der Waals surface area contributed by atoms with Gasteiger partial charge in [-0.15, -0.1) is 0 Å². The van der Waals surface area contributed by atoms with E-state index in [1.807, 2.05) is 13.8 Å². The number of sulfonamides is 1. The summed E-state index contributed by atoms with van der Waals surface area (Å²) in [6, 6.07) is 0.472. The molecule has 1 aliphatic rings. The number of hydrogen-bond donors (Lipinski definition) is 2. The Hall–Kier alpha value is -0.130. The molecule has 0 aromatic heterocycles. The van der Waals surface area contributed by atoms with Gasteiger partial charge in [0.1, 0.15) is 0 Å². The van der Waals surface area contributed by atoms with Crippen molar-refractivity contribution in [1.29, 1.82) is 0 Å². The first-order valence-electron chi connectivity index (χ1n) is 7.16. The van der Waals surface area contributed by atoms with Crippen LogP contribution in [-0.2, 0) is 10.0 Å². The van der Waals surface area contributed by atoms with Crippen LogP contribution in [0.5, 0.6) is 0 Å². The lowest BCUT2D eigenvalue weighted by Crippen LogP contribution is -2.44. The summed E-state index contributed by atoms with van der Waals surface area (Å²) in [7, 11) is -3.18. The van der Waals surface area contributed by atoms with Gasteiger partial charge in [-0.3, -0.25) is 0 Å². The molecule has 5 heteroatoms. The standard InChI is InChI=1S/C13H28N2O2S/c1-11(2)14-10-12(3)18(16,17)15-13-8-6-4-5-7-9-13/h11-15H,4-10H2,1-3H3. The summed E-state index contributed by atoms with van der Waals surface area (Å²) in [6.07, 6.45) is 6.75. The van der Waals surface area contributed by atoms with Gasteiger partial charge in [-0.25, -0.2) is 13.1 Å². The van der Waals surface area contributed by atoms with Crippen molar-refractivity contribution in [2.45, 2.75) is 76.6 Å². The molecule has 108 valence electrons. The fourth-order valence-electron chi connectivity index (χ4n) is 2.26. The Labute approximate surface area is 112 Å². The second kappa shape index (κ2) is 7.46. The zero-order valence-corrected chi connectivity index (χ0v) is 12.7. The molecule has 1 fully saturated rings. The highest BCUT2D eigenvalue weighted by Gasteiger charge is 2.24. The van der Waals surface area contributed by atoms with Gasteiger partial charge in [-0.2, -0.15) is 0 Å². The van der Waals surface area contributed by atoms with E-state index in [4.69, 9.17) is 0 Å². The normalized spacial score (nSPS) is 20.9. The highest BCUT2D eigenvalue weighted by molar-refractivity contribution is 7.90. The first-order valence-corrected chi connectivity index (χ1v) is 8.71. The van der Waals surface area contributed by atoms with Gasteiger partial charge in [0.25, 0.3) is 0 Å². The molecule has 2 N–H and O–H groups in total. The molecule has 18 heavy (non-hydrogen) atoms. The van der Waals surface area contributed by atoms with Crippen LogP contribution in [0.2, 0.25) is 0 Å². The monoisotopic (exact) mass is 276 g/mol. The quantitative estimate of drug-likeness (QED) is 0.730. The maximum Gasteiger partial charge on any atom is 0.215 e. The van der Waals surface area contributed by atoms with Crippen molar-refractivity contribution in [3.63, 3.8) is 0 Å². The Kier molecular flexibility index (Phi) is 6.60. The Morgan fingerprint density at radius 1 is 1.06 bits per heavy atom. The van der Waals surface area contributed by atoms with E-state index in [9.17, 15) is 8.42 Å². The Bertz CT molecular complexity index is 320. The highest BCUT2D eigenvalue weighted by atomic mass is 32.2. The average molecular weight is 276 g/mol. The summed E-state index contributed by atoms with van der Waals surface area (Å²) < 4.78 is 27.2. The predicted molar refractivity (Wildman–Crippen MR) is 76.1 cm³/mol. The molecule has 1 unspecified atom stereocenters. The minimum absolute atomic E-state index is 0.152. The molecule has 1 aliphatic carbocycles. The minimum Gasteiger partial charge on any atom is -0.313 e. The second-order valence-electron chi connectivity index (χ2n) is 5.72. The molecule has 1 rings (SSSR count). The van der Waals surface area contributed by atoms with E-state index in [1.165, 1.54) is 12.8 Å². The Morgan fingerprint density at radius 2 is 1.61 bits per heavy atom. The van der Waals surface area contributed by atoms with Crippen LogP contribution in [0.3, 0.4) is 0 Å². The van der Waals surface area contributed by atoms with Crippen molar-refractivity contribution in [3.05, 3.63) is 0 Å². The van der Waals surface area contributed by atoms with E-state index in [0.717, 1.165) is 25.7 Å². The summed E-state index contributed by atoms with van der Waals surface area (Å²) in [4.78, 5) is 0. The molecule has 4 nitrogen and oxygen atoms in total. The molecule has 1 saturated carbocycles. The zero-order chi connectivity index (χ0) is 13.6. The predicted octanol–water partition coefficient (Wildman–Crippen LogP) is 2.02. The van der Waals surface area contributed by atoms with E-state index in [-0.39, 0.29) is 11.3 Å². The lowest BCUT2D eigenvalue weighted by molar-refractivity contribution is 0.495. The molecule has 0 bridgehead atoms. The molecule has 0 spiro atoms. The lowest BCUT2D eigenvalue weighted by atomic mass is 10.1. The molecule has 0 aliphatic heterocycles. The van der Waals surface area contributed by atoms with Crippen molar-refractivity contribution >= 4 is 10.0 Å². The van der Waals surface area contributed by atoms with Crippen molar-refractivity contribution in [2.24, 2.45) is 0 Å². The summed E-state index contributed by atoms with van der Waals surface area (Å²) in [5, 5.41) is 2.81. The maximum absolute atomic E-state index is 12.2. The molecule has 0 aromatic carbocycles. The van der Waals surface area contributed by atoms with Crippen LogP contribution in [0.4, 0.5) is 0 Å². The third kappa shape index (κ3) is 5.67. The minimum atomic E-state index is -3.18. The van der Waals surface area contributed by atoms with Gasteiger partial charge in [-0.1, -0.05) is 39.5 Å². The first-order chi connectivity index (χ1) is 8.42. The number of rotatable bonds is 6. The second-order valence-corrected chi connectivity index (χ2v) is 7.86. The molecule has 1 atom stereocenters. The summed E-state index contributed by atoms with van der Waals surface area (Å²) in [6.45, 7) is 6.34. The molecule has 0 radical (unpaired) electrons. The van der Waals surface area contributed by atoms with E-state index in [0.29, 0.717) is 12.6 Å². The van der Waals surface area contributed by atoms with Crippen LogP contribution < -0.4 is 10.0 Å². The van der Waals surface area contributed by atoms with Gasteiger partial charge in [0.15, 0.2) is 0 Å².